The lowest BCUT2D eigenvalue weighted by molar-refractivity contribution is -0.385. The number of aryl methyl sites for hydroxylation is 1. The number of hydrogen-bond donors (Lipinski definition) is 0. The van der Waals surface area contributed by atoms with Gasteiger partial charge < -0.3 is 4.74 Å². The van der Waals surface area contributed by atoms with Gasteiger partial charge in [-0.1, -0.05) is 12.1 Å². The molecule has 5 nitrogen and oxygen atoms in total. The van der Waals surface area contributed by atoms with Crippen LogP contribution in [0.15, 0.2) is 42.5 Å². The van der Waals surface area contributed by atoms with Gasteiger partial charge in [0.15, 0.2) is 0 Å². The Hall–Kier alpha value is -2.69. The van der Waals surface area contributed by atoms with Crippen molar-refractivity contribution >= 4 is 12.0 Å². The van der Waals surface area contributed by atoms with Crippen LogP contribution in [0.5, 0.6) is 11.5 Å². The molecule has 0 aliphatic carbocycles. The molecule has 5 heteroatoms. The highest BCUT2D eigenvalue weighted by atomic mass is 16.6. The van der Waals surface area contributed by atoms with E-state index >= 15 is 0 Å². The standard InChI is InChI=1S/C14H11NO4/c1-10-3-2-4-12(7-10)19-14-6-5-11(9-16)8-13(14)15(17)18/h2-9H,1H3. The van der Waals surface area contributed by atoms with Crippen molar-refractivity contribution in [2.75, 3.05) is 0 Å². The van der Waals surface area contributed by atoms with E-state index in [9.17, 15) is 14.9 Å². The van der Waals surface area contributed by atoms with Crippen molar-refractivity contribution in [1.82, 2.24) is 0 Å². The predicted octanol–water partition coefficient (Wildman–Crippen LogP) is 3.51. The summed E-state index contributed by atoms with van der Waals surface area (Å²) in [7, 11) is 0. The van der Waals surface area contributed by atoms with Crippen LogP contribution in [0.25, 0.3) is 0 Å². The van der Waals surface area contributed by atoms with Crippen molar-refractivity contribution in [3.63, 3.8) is 0 Å². The van der Waals surface area contributed by atoms with Gasteiger partial charge in [-0.25, -0.2) is 0 Å². The fourth-order valence-electron chi connectivity index (χ4n) is 1.64. The average Bonchev–Trinajstić information content (AvgIpc) is 2.39. The van der Waals surface area contributed by atoms with E-state index in [4.69, 9.17) is 4.74 Å². The first kappa shape index (κ1) is 12.8. The molecule has 0 aliphatic rings. The first-order valence-electron chi connectivity index (χ1n) is 5.58. The second kappa shape index (κ2) is 5.30. The third-order valence-corrected chi connectivity index (χ3v) is 2.53. The molecular formula is C14H11NO4. The fourth-order valence-corrected chi connectivity index (χ4v) is 1.64. The van der Waals surface area contributed by atoms with E-state index in [1.807, 2.05) is 13.0 Å². The van der Waals surface area contributed by atoms with Crippen LogP contribution in [0.2, 0.25) is 0 Å². The zero-order chi connectivity index (χ0) is 13.8. The van der Waals surface area contributed by atoms with Crippen LogP contribution in [-0.4, -0.2) is 11.2 Å². The van der Waals surface area contributed by atoms with Gasteiger partial charge in [-0.15, -0.1) is 0 Å². The van der Waals surface area contributed by atoms with Gasteiger partial charge in [0.1, 0.15) is 12.0 Å². The van der Waals surface area contributed by atoms with Gasteiger partial charge >= 0.3 is 5.69 Å². The average molecular weight is 257 g/mol. The third-order valence-electron chi connectivity index (χ3n) is 2.53. The second-order valence-electron chi connectivity index (χ2n) is 4.02. The minimum absolute atomic E-state index is 0.112. The van der Waals surface area contributed by atoms with Crippen LogP contribution in [0, 0.1) is 17.0 Å². The maximum Gasteiger partial charge on any atom is 0.312 e. The van der Waals surface area contributed by atoms with Crippen molar-refractivity contribution in [1.29, 1.82) is 0 Å². The predicted molar refractivity (Wildman–Crippen MR) is 69.7 cm³/mol. The van der Waals surface area contributed by atoms with Crippen molar-refractivity contribution in [3.8, 4) is 11.5 Å². The van der Waals surface area contributed by atoms with Crippen LogP contribution in [0.4, 0.5) is 5.69 Å². The number of nitrogens with zero attached hydrogens (tertiary/aromatic N) is 1. The number of nitro benzene ring substituents is 1. The Kier molecular flexibility index (Phi) is 3.56. The zero-order valence-electron chi connectivity index (χ0n) is 10.2. The highest BCUT2D eigenvalue weighted by Gasteiger charge is 2.16. The quantitative estimate of drug-likeness (QED) is 0.477. The first-order valence-corrected chi connectivity index (χ1v) is 5.58. The van der Waals surface area contributed by atoms with E-state index < -0.39 is 4.92 Å². The Labute approximate surface area is 109 Å². The fraction of sp³-hybridized carbons (Fsp3) is 0.0714. The smallest absolute Gasteiger partial charge is 0.312 e. The summed E-state index contributed by atoms with van der Waals surface area (Å²) in [6.07, 6.45) is 0.559. The van der Waals surface area contributed by atoms with Crippen molar-refractivity contribution < 1.29 is 14.5 Å². The van der Waals surface area contributed by atoms with Gasteiger partial charge in [0.2, 0.25) is 5.75 Å². The summed E-state index contributed by atoms with van der Waals surface area (Å²) in [5, 5.41) is 11.0. The van der Waals surface area contributed by atoms with E-state index in [1.165, 1.54) is 18.2 Å². The third kappa shape index (κ3) is 2.95. The molecule has 2 aromatic carbocycles. The highest BCUT2D eigenvalue weighted by Crippen LogP contribution is 2.32. The van der Waals surface area contributed by atoms with E-state index in [1.54, 1.807) is 18.2 Å². The molecule has 0 fully saturated rings. The maximum atomic E-state index is 11.0. The van der Waals surface area contributed by atoms with Gasteiger partial charge in [-0.3, -0.25) is 14.9 Å². The van der Waals surface area contributed by atoms with Crippen LogP contribution < -0.4 is 4.74 Å². The molecule has 0 radical (unpaired) electrons. The number of hydrogen-bond acceptors (Lipinski definition) is 4. The van der Waals surface area contributed by atoms with Gasteiger partial charge in [-0.2, -0.15) is 0 Å². The van der Waals surface area contributed by atoms with Crippen molar-refractivity contribution in [3.05, 3.63) is 63.7 Å². The van der Waals surface area contributed by atoms with Crippen LogP contribution in [0.1, 0.15) is 15.9 Å². The molecule has 0 unspecified atom stereocenters. The molecule has 0 amide bonds. The van der Waals surface area contributed by atoms with E-state index in [0.717, 1.165) is 5.56 Å². The van der Waals surface area contributed by atoms with Gasteiger partial charge in [0.25, 0.3) is 0 Å². The second-order valence-corrected chi connectivity index (χ2v) is 4.02. The highest BCUT2D eigenvalue weighted by molar-refractivity contribution is 5.77. The summed E-state index contributed by atoms with van der Waals surface area (Å²) < 4.78 is 5.49. The number of nitro groups is 1. The Morgan fingerprint density at radius 1 is 1.21 bits per heavy atom. The van der Waals surface area contributed by atoms with Gasteiger partial charge in [0.05, 0.1) is 4.92 Å². The van der Waals surface area contributed by atoms with Gasteiger partial charge in [-0.05, 0) is 36.8 Å². The lowest BCUT2D eigenvalue weighted by Gasteiger charge is -2.07. The van der Waals surface area contributed by atoms with Gasteiger partial charge in [0, 0.05) is 11.6 Å². The molecule has 0 aliphatic heterocycles. The minimum Gasteiger partial charge on any atom is -0.450 e. The van der Waals surface area contributed by atoms with Crippen LogP contribution >= 0.6 is 0 Å². The van der Waals surface area contributed by atoms with E-state index in [2.05, 4.69) is 0 Å². The summed E-state index contributed by atoms with van der Waals surface area (Å²) in [6.45, 7) is 1.90. The molecule has 0 heterocycles. The molecule has 0 saturated heterocycles. The Bertz CT molecular complexity index is 637. The molecule has 2 rings (SSSR count). The number of carbonyl (C=O) groups is 1. The van der Waals surface area contributed by atoms with Crippen LogP contribution in [-0.2, 0) is 0 Å². The number of rotatable bonds is 4. The Morgan fingerprint density at radius 3 is 2.63 bits per heavy atom. The lowest BCUT2D eigenvalue weighted by Crippen LogP contribution is -1.95. The van der Waals surface area contributed by atoms with Crippen molar-refractivity contribution in [2.45, 2.75) is 6.92 Å². The molecule has 19 heavy (non-hydrogen) atoms. The summed E-state index contributed by atoms with van der Waals surface area (Å²) in [5.74, 6) is 0.628. The topological polar surface area (TPSA) is 69.4 Å². The SMILES string of the molecule is Cc1cccc(Oc2ccc(C=O)cc2[N+](=O)[O-])c1. The number of aldehydes is 1. The maximum absolute atomic E-state index is 11.0. The minimum atomic E-state index is -0.571. The Morgan fingerprint density at radius 2 is 2.00 bits per heavy atom. The largest absolute Gasteiger partial charge is 0.450 e. The molecular weight excluding hydrogens is 246 g/mol. The molecule has 0 aromatic heterocycles. The Balaban J connectivity index is 2.39. The summed E-state index contributed by atoms with van der Waals surface area (Å²) in [5.41, 5.74) is 0.999. The molecule has 0 N–H and O–H groups in total. The summed E-state index contributed by atoms with van der Waals surface area (Å²) in [6, 6.07) is 11.3. The van der Waals surface area contributed by atoms with Crippen LogP contribution in [0.3, 0.4) is 0 Å². The number of carbonyl (C=O) groups excluding carboxylic acids is 1. The molecule has 0 bridgehead atoms. The monoisotopic (exact) mass is 257 g/mol. The first-order chi connectivity index (χ1) is 9.10. The summed E-state index contributed by atoms with van der Waals surface area (Å²) in [4.78, 5) is 21.0. The normalized spacial score (nSPS) is 9.95. The lowest BCUT2D eigenvalue weighted by atomic mass is 10.2. The van der Waals surface area contributed by atoms with E-state index in [0.29, 0.717) is 12.0 Å². The molecule has 96 valence electrons. The molecule has 0 saturated carbocycles. The molecule has 2 aromatic rings. The molecule has 0 spiro atoms. The summed E-state index contributed by atoms with van der Waals surface area (Å²) >= 11 is 0. The van der Waals surface area contributed by atoms with E-state index in [-0.39, 0.29) is 17.0 Å². The number of benzene rings is 2. The number of ether oxygens (including phenoxy) is 1. The van der Waals surface area contributed by atoms with Crippen molar-refractivity contribution in [2.24, 2.45) is 0 Å². The zero-order valence-corrected chi connectivity index (χ0v) is 10.2. The molecule has 0 atom stereocenters.